The van der Waals surface area contributed by atoms with Crippen molar-refractivity contribution >= 4 is 21.6 Å². The Hall–Kier alpha value is -2.80. The summed E-state index contributed by atoms with van der Waals surface area (Å²) in [5.41, 5.74) is 1.01. The van der Waals surface area contributed by atoms with Gasteiger partial charge in [0.2, 0.25) is 0 Å². The minimum Gasteiger partial charge on any atom is -0.315 e. The van der Waals surface area contributed by atoms with E-state index in [1.165, 1.54) is 6.42 Å². The number of aryl methyl sites for hydroxylation is 1. The quantitative estimate of drug-likeness (QED) is 0.592. The third kappa shape index (κ3) is 3.08. The van der Waals surface area contributed by atoms with Crippen LogP contribution >= 0.6 is 11.3 Å². The van der Waals surface area contributed by atoms with E-state index in [2.05, 4.69) is 19.7 Å². The lowest BCUT2D eigenvalue weighted by molar-refractivity contribution is 0.609. The maximum atomic E-state index is 12.6. The van der Waals surface area contributed by atoms with Gasteiger partial charge in [-0.25, -0.2) is 4.98 Å². The molecule has 1 aromatic carbocycles. The van der Waals surface area contributed by atoms with Gasteiger partial charge in [0, 0.05) is 17.8 Å². The van der Waals surface area contributed by atoms with E-state index in [1.54, 1.807) is 11.3 Å². The first kappa shape index (κ1) is 16.4. The summed E-state index contributed by atoms with van der Waals surface area (Å²) in [5, 5.41) is 9.33. The number of aromatic nitrogens is 5. The Balaban J connectivity index is 1.52. The second-order valence-electron chi connectivity index (χ2n) is 6.88. The van der Waals surface area contributed by atoms with Gasteiger partial charge in [-0.1, -0.05) is 36.8 Å². The molecule has 5 rings (SSSR count). The molecule has 1 aliphatic heterocycles. The molecule has 1 aliphatic rings. The monoisotopic (exact) mass is 377 g/mol. The van der Waals surface area contributed by atoms with Crippen LogP contribution in [0.1, 0.15) is 36.7 Å². The van der Waals surface area contributed by atoms with Gasteiger partial charge in [0.05, 0.1) is 11.8 Å². The summed E-state index contributed by atoms with van der Waals surface area (Å²) >= 11 is 1.55. The molecule has 136 valence electrons. The first-order chi connectivity index (χ1) is 13.3. The minimum absolute atomic E-state index is 0.0935. The minimum atomic E-state index is -0.0935. The zero-order chi connectivity index (χ0) is 18.2. The molecule has 0 saturated carbocycles. The van der Waals surface area contributed by atoms with Crippen molar-refractivity contribution in [3.05, 3.63) is 64.2 Å². The predicted octanol–water partition coefficient (Wildman–Crippen LogP) is 3.56. The van der Waals surface area contributed by atoms with E-state index >= 15 is 0 Å². The number of rotatable bonds is 3. The summed E-state index contributed by atoms with van der Waals surface area (Å²) in [6.45, 7) is 0.946. The Bertz CT molecular complexity index is 1160. The molecular formula is C20H19N5OS. The third-order valence-electron chi connectivity index (χ3n) is 5.02. The van der Waals surface area contributed by atoms with Crippen LogP contribution in [0, 0.1) is 0 Å². The second-order valence-corrected chi connectivity index (χ2v) is 7.91. The molecule has 0 bridgehead atoms. The number of nitrogens with one attached hydrogen (secondary N) is 1. The Morgan fingerprint density at radius 1 is 1.11 bits per heavy atom. The summed E-state index contributed by atoms with van der Waals surface area (Å²) in [5.74, 6) is 2.58. The molecule has 0 fully saturated rings. The summed E-state index contributed by atoms with van der Waals surface area (Å²) in [7, 11) is 0. The molecule has 6 nitrogen and oxygen atoms in total. The molecular weight excluding hydrogens is 358 g/mol. The fourth-order valence-electron chi connectivity index (χ4n) is 3.63. The molecule has 4 heterocycles. The fourth-order valence-corrected chi connectivity index (χ4v) is 4.69. The third-order valence-corrected chi connectivity index (χ3v) is 6.10. The molecule has 0 spiro atoms. The van der Waals surface area contributed by atoms with Crippen LogP contribution < -0.4 is 5.56 Å². The van der Waals surface area contributed by atoms with Gasteiger partial charge in [0.15, 0.2) is 0 Å². The fraction of sp³-hybridized carbons (Fsp3) is 0.300. The average molecular weight is 377 g/mol. The van der Waals surface area contributed by atoms with Crippen LogP contribution in [0.25, 0.3) is 20.7 Å². The highest BCUT2D eigenvalue weighted by Crippen LogP contribution is 2.30. The smallest absolute Gasteiger partial charge is 0.259 e. The van der Waals surface area contributed by atoms with Gasteiger partial charge in [0.1, 0.15) is 22.3 Å². The molecule has 0 amide bonds. The maximum Gasteiger partial charge on any atom is 0.259 e. The van der Waals surface area contributed by atoms with Crippen molar-refractivity contribution in [2.45, 2.75) is 38.6 Å². The van der Waals surface area contributed by atoms with Gasteiger partial charge in [0.25, 0.3) is 5.56 Å². The lowest BCUT2D eigenvalue weighted by atomic mass is 10.2. The summed E-state index contributed by atoms with van der Waals surface area (Å²) < 4.78 is 2.20. The Labute approximate surface area is 159 Å². The van der Waals surface area contributed by atoms with Crippen molar-refractivity contribution in [3.8, 4) is 10.4 Å². The van der Waals surface area contributed by atoms with Crippen molar-refractivity contribution in [1.29, 1.82) is 0 Å². The van der Waals surface area contributed by atoms with E-state index in [-0.39, 0.29) is 5.56 Å². The molecule has 0 saturated heterocycles. The first-order valence-corrected chi connectivity index (χ1v) is 10.1. The number of aromatic amines is 1. The Morgan fingerprint density at radius 2 is 2.00 bits per heavy atom. The van der Waals surface area contributed by atoms with Crippen LogP contribution in [0.15, 0.2) is 41.2 Å². The van der Waals surface area contributed by atoms with E-state index in [1.807, 2.05) is 36.4 Å². The second kappa shape index (κ2) is 6.74. The van der Waals surface area contributed by atoms with E-state index in [0.29, 0.717) is 17.6 Å². The van der Waals surface area contributed by atoms with Crippen LogP contribution in [-0.4, -0.2) is 24.7 Å². The average Bonchev–Trinajstić information content (AvgIpc) is 3.20. The summed E-state index contributed by atoms with van der Waals surface area (Å²) in [6.07, 6.45) is 5.00. The zero-order valence-electron chi connectivity index (χ0n) is 14.8. The summed E-state index contributed by atoms with van der Waals surface area (Å²) in [6, 6.07) is 12.0. The molecule has 4 aromatic rings. The van der Waals surface area contributed by atoms with Crippen LogP contribution in [-0.2, 0) is 19.4 Å². The van der Waals surface area contributed by atoms with Gasteiger partial charge in [-0.2, -0.15) is 0 Å². The largest absolute Gasteiger partial charge is 0.315 e. The number of fused-ring (bicyclic) bond motifs is 2. The Kier molecular flexibility index (Phi) is 4.09. The highest BCUT2D eigenvalue weighted by molar-refractivity contribution is 7.21. The number of hydrogen-bond acceptors (Lipinski definition) is 5. The zero-order valence-corrected chi connectivity index (χ0v) is 15.6. The van der Waals surface area contributed by atoms with Crippen LogP contribution in [0.4, 0.5) is 0 Å². The standard InChI is InChI=1S/C20H19N5OS/c26-19-14-11-15(13-7-3-1-4-8-13)27-20(14)22-16(21-19)12-18-24-23-17-9-5-2-6-10-25(17)18/h1,3-4,7-8,11H,2,5-6,9-10,12H2,(H,21,22,26). The number of hydrogen-bond donors (Lipinski definition) is 1. The number of thiophene rings is 1. The molecule has 3 aromatic heterocycles. The molecule has 7 heteroatoms. The summed E-state index contributed by atoms with van der Waals surface area (Å²) in [4.78, 5) is 22.1. The number of benzene rings is 1. The molecule has 27 heavy (non-hydrogen) atoms. The predicted molar refractivity (Wildman–Crippen MR) is 106 cm³/mol. The van der Waals surface area contributed by atoms with E-state index in [4.69, 9.17) is 4.98 Å². The van der Waals surface area contributed by atoms with Crippen molar-refractivity contribution in [3.63, 3.8) is 0 Å². The maximum absolute atomic E-state index is 12.6. The van der Waals surface area contributed by atoms with Gasteiger partial charge in [-0.15, -0.1) is 21.5 Å². The molecule has 0 aliphatic carbocycles. The first-order valence-electron chi connectivity index (χ1n) is 9.27. The van der Waals surface area contributed by atoms with Crippen molar-refractivity contribution in [2.75, 3.05) is 0 Å². The number of H-pyrrole nitrogens is 1. The van der Waals surface area contributed by atoms with Crippen molar-refractivity contribution in [1.82, 2.24) is 24.7 Å². The molecule has 0 radical (unpaired) electrons. The van der Waals surface area contributed by atoms with Crippen molar-refractivity contribution < 1.29 is 0 Å². The molecule has 0 unspecified atom stereocenters. The molecule has 0 atom stereocenters. The van der Waals surface area contributed by atoms with Gasteiger partial charge < -0.3 is 9.55 Å². The van der Waals surface area contributed by atoms with Crippen LogP contribution in [0.2, 0.25) is 0 Å². The highest BCUT2D eigenvalue weighted by Gasteiger charge is 2.17. The van der Waals surface area contributed by atoms with Crippen LogP contribution in [0.5, 0.6) is 0 Å². The van der Waals surface area contributed by atoms with Gasteiger partial charge in [-0.05, 0) is 24.5 Å². The van der Waals surface area contributed by atoms with E-state index in [0.717, 1.165) is 52.7 Å². The van der Waals surface area contributed by atoms with Gasteiger partial charge in [-0.3, -0.25) is 4.79 Å². The lowest BCUT2D eigenvalue weighted by Gasteiger charge is -2.06. The lowest BCUT2D eigenvalue weighted by Crippen LogP contribution is -2.13. The van der Waals surface area contributed by atoms with E-state index in [9.17, 15) is 4.79 Å². The SMILES string of the molecule is O=c1[nH]c(Cc2nnc3n2CCCCC3)nc2sc(-c3ccccc3)cc12. The number of nitrogens with zero attached hydrogens (tertiary/aromatic N) is 4. The van der Waals surface area contributed by atoms with E-state index < -0.39 is 0 Å². The van der Waals surface area contributed by atoms with Crippen molar-refractivity contribution in [2.24, 2.45) is 0 Å². The Morgan fingerprint density at radius 3 is 2.89 bits per heavy atom. The van der Waals surface area contributed by atoms with Gasteiger partial charge >= 0.3 is 0 Å². The highest BCUT2D eigenvalue weighted by atomic mass is 32.1. The topological polar surface area (TPSA) is 76.5 Å². The normalized spacial score (nSPS) is 14.2. The molecule has 1 N–H and O–H groups in total. The van der Waals surface area contributed by atoms with Crippen LogP contribution in [0.3, 0.4) is 0 Å².